The third-order valence-electron chi connectivity index (χ3n) is 6.11. The molecule has 3 aliphatic rings. The lowest BCUT2D eigenvalue weighted by Gasteiger charge is -2.45. The van der Waals surface area contributed by atoms with Crippen molar-refractivity contribution in [1.82, 2.24) is 9.80 Å². The van der Waals surface area contributed by atoms with Gasteiger partial charge in [-0.1, -0.05) is 6.42 Å². The van der Waals surface area contributed by atoms with E-state index >= 15 is 0 Å². The molecule has 5 nitrogen and oxygen atoms in total. The quantitative estimate of drug-likeness (QED) is 0.816. The molecule has 1 unspecified atom stereocenters. The van der Waals surface area contributed by atoms with E-state index in [1.165, 1.54) is 12.8 Å². The van der Waals surface area contributed by atoms with Gasteiger partial charge in [-0.15, -0.1) is 0 Å². The first-order valence-corrected chi connectivity index (χ1v) is 10.2. The second-order valence-electron chi connectivity index (χ2n) is 7.70. The largest absolute Gasteiger partial charge is 0.351 e. The number of carbonyl (C=O) groups is 2. The van der Waals surface area contributed by atoms with Crippen LogP contribution in [0.5, 0.6) is 0 Å². The molecule has 2 saturated heterocycles. The van der Waals surface area contributed by atoms with Crippen LogP contribution in [-0.2, 0) is 0 Å². The fourth-order valence-corrected chi connectivity index (χ4v) is 4.71. The molecule has 26 heavy (non-hydrogen) atoms. The number of hydrogen-bond donors (Lipinski definition) is 0. The van der Waals surface area contributed by atoms with E-state index in [1.807, 2.05) is 28.0 Å². The Morgan fingerprint density at radius 2 is 1.77 bits per heavy atom. The van der Waals surface area contributed by atoms with Crippen LogP contribution in [0.3, 0.4) is 0 Å². The molecule has 1 atom stereocenters. The highest BCUT2D eigenvalue weighted by Gasteiger charge is 2.37. The molecule has 0 aromatic heterocycles. The summed E-state index contributed by atoms with van der Waals surface area (Å²) >= 11 is 0. The second-order valence-corrected chi connectivity index (χ2v) is 7.70. The molecular weight excluding hydrogens is 326 g/mol. The maximum atomic E-state index is 13.1. The van der Waals surface area contributed by atoms with E-state index in [2.05, 4.69) is 11.8 Å². The van der Waals surface area contributed by atoms with Crippen molar-refractivity contribution < 1.29 is 9.59 Å². The first kappa shape index (κ1) is 17.4. The number of anilines is 1. The van der Waals surface area contributed by atoms with Crippen LogP contribution in [0, 0.1) is 0 Å². The Hall–Kier alpha value is -2.04. The van der Waals surface area contributed by atoms with Crippen molar-refractivity contribution in [2.75, 3.05) is 31.1 Å². The molecule has 3 heterocycles. The van der Waals surface area contributed by atoms with Gasteiger partial charge in [0.2, 0.25) is 0 Å². The summed E-state index contributed by atoms with van der Waals surface area (Å²) < 4.78 is 0. The minimum atomic E-state index is 0.110. The van der Waals surface area contributed by atoms with Crippen molar-refractivity contribution in [3.8, 4) is 0 Å². The number of carbonyl (C=O) groups excluding carboxylic acids is 2. The average molecular weight is 355 g/mol. The summed E-state index contributed by atoms with van der Waals surface area (Å²) in [6.07, 6.45) is 7.98. The molecule has 0 spiro atoms. The van der Waals surface area contributed by atoms with Crippen molar-refractivity contribution >= 4 is 17.5 Å². The highest BCUT2D eigenvalue weighted by molar-refractivity contribution is 6.04. The molecule has 0 N–H and O–H groups in total. The topological polar surface area (TPSA) is 43.9 Å². The van der Waals surface area contributed by atoms with Crippen molar-refractivity contribution in [3.05, 3.63) is 29.3 Å². The van der Waals surface area contributed by atoms with E-state index in [0.29, 0.717) is 0 Å². The monoisotopic (exact) mass is 355 g/mol. The summed E-state index contributed by atoms with van der Waals surface area (Å²) in [5, 5.41) is 0. The van der Waals surface area contributed by atoms with Gasteiger partial charge in [-0.2, -0.15) is 0 Å². The zero-order chi connectivity index (χ0) is 18.1. The smallest absolute Gasteiger partial charge is 0.257 e. The highest BCUT2D eigenvalue weighted by atomic mass is 16.2. The van der Waals surface area contributed by atoms with Gasteiger partial charge in [-0.3, -0.25) is 9.59 Å². The van der Waals surface area contributed by atoms with Crippen molar-refractivity contribution in [3.63, 3.8) is 0 Å². The van der Waals surface area contributed by atoms with Crippen molar-refractivity contribution in [1.29, 1.82) is 0 Å². The Kier molecular flexibility index (Phi) is 4.88. The summed E-state index contributed by atoms with van der Waals surface area (Å²) in [5.41, 5.74) is 2.42. The lowest BCUT2D eigenvalue weighted by atomic mass is 10.00. The van der Waals surface area contributed by atoms with Gasteiger partial charge in [-0.05, 0) is 63.6 Å². The van der Waals surface area contributed by atoms with Gasteiger partial charge in [0, 0.05) is 31.7 Å². The minimum absolute atomic E-state index is 0.110. The molecule has 2 amide bonds. The van der Waals surface area contributed by atoms with Gasteiger partial charge in [0.25, 0.3) is 11.8 Å². The SMILES string of the molecule is CCN1c2cc(C(=O)N3CCCCC3)ccc2C(=O)N2CCCCCC21. The van der Waals surface area contributed by atoms with Crippen molar-refractivity contribution in [2.24, 2.45) is 0 Å². The molecule has 0 radical (unpaired) electrons. The van der Waals surface area contributed by atoms with Crippen LogP contribution < -0.4 is 4.90 Å². The number of amides is 2. The van der Waals surface area contributed by atoms with Gasteiger partial charge >= 0.3 is 0 Å². The Bertz CT molecular complexity index is 696. The zero-order valence-electron chi connectivity index (χ0n) is 15.7. The fourth-order valence-electron chi connectivity index (χ4n) is 4.71. The minimum Gasteiger partial charge on any atom is -0.351 e. The van der Waals surface area contributed by atoms with E-state index in [-0.39, 0.29) is 18.0 Å². The molecular formula is C21H29N3O2. The lowest BCUT2D eigenvalue weighted by molar-refractivity contribution is 0.0654. The van der Waals surface area contributed by atoms with Gasteiger partial charge in [0.1, 0.15) is 6.17 Å². The number of benzene rings is 1. The van der Waals surface area contributed by atoms with E-state index in [0.717, 1.165) is 75.1 Å². The summed E-state index contributed by atoms with van der Waals surface area (Å²) in [6.45, 7) is 5.53. The predicted octanol–water partition coefficient (Wildman–Crippen LogP) is 3.49. The van der Waals surface area contributed by atoms with Crippen LogP contribution in [0.2, 0.25) is 0 Å². The summed E-state index contributed by atoms with van der Waals surface area (Å²) in [6, 6.07) is 5.69. The van der Waals surface area contributed by atoms with Gasteiger partial charge < -0.3 is 14.7 Å². The number of nitrogens with zero attached hydrogens (tertiary/aromatic N) is 3. The molecule has 1 aromatic rings. The zero-order valence-corrected chi connectivity index (χ0v) is 15.7. The van der Waals surface area contributed by atoms with Crippen LogP contribution in [0.1, 0.15) is 72.6 Å². The van der Waals surface area contributed by atoms with E-state index in [9.17, 15) is 9.59 Å². The van der Waals surface area contributed by atoms with Gasteiger partial charge in [0.05, 0.1) is 11.3 Å². The first-order chi connectivity index (χ1) is 12.7. The maximum absolute atomic E-state index is 13.1. The van der Waals surface area contributed by atoms with Crippen LogP contribution in [0.25, 0.3) is 0 Å². The number of fused-ring (bicyclic) bond motifs is 2. The Morgan fingerprint density at radius 1 is 1.04 bits per heavy atom. The van der Waals surface area contributed by atoms with Crippen LogP contribution in [0.4, 0.5) is 5.69 Å². The second kappa shape index (κ2) is 7.29. The third kappa shape index (κ3) is 2.97. The normalized spacial score (nSPS) is 23.3. The molecule has 0 bridgehead atoms. The summed E-state index contributed by atoms with van der Waals surface area (Å²) in [7, 11) is 0. The number of hydrogen-bond acceptors (Lipinski definition) is 3. The number of likely N-dealkylation sites (tertiary alicyclic amines) is 1. The average Bonchev–Trinajstić information content (AvgIpc) is 2.94. The Morgan fingerprint density at radius 3 is 2.54 bits per heavy atom. The molecule has 0 aliphatic carbocycles. The van der Waals surface area contributed by atoms with Gasteiger partial charge in [0.15, 0.2) is 0 Å². The van der Waals surface area contributed by atoms with Crippen LogP contribution in [0.15, 0.2) is 18.2 Å². The van der Waals surface area contributed by atoms with E-state index < -0.39 is 0 Å². The molecule has 4 rings (SSSR count). The maximum Gasteiger partial charge on any atom is 0.257 e. The molecule has 1 aromatic carbocycles. The molecule has 0 saturated carbocycles. The molecule has 3 aliphatic heterocycles. The number of piperidine rings is 1. The Balaban J connectivity index is 1.68. The molecule has 5 heteroatoms. The molecule has 140 valence electrons. The first-order valence-electron chi connectivity index (χ1n) is 10.2. The highest BCUT2D eigenvalue weighted by Crippen LogP contribution is 2.35. The standard InChI is InChI=1S/C21H29N3O2/c1-2-23-18-15-16(20(25)22-12-6-4-7-13-22)10-11-17(18)21(26)24-14-8-3-5-9-19(23)24/h10-11,15,19H,2-9,12-14H2,1H3. The summed E-state index contributed by atoms with van der Waals surface area (Å²) in [5.74, 6) is 0.243. The van der Waals surface area contributed by atoms with Crippen molar-refractivity contribution in [2.45, 2.75) is 58.0 Å². The summed E-state index contributed by atoms with van der Waals surface area (Å²) in [4.78, 5) is 32.3. The molecule has 2 fully saturated rings. The number of rotatable bonds is 2. The lowest BCUT2D eigenvalue weighted by Crippen LogP contribution is -2.55. The Labute approximate surface area is 155 Å². The van der Waals surface area contributed by atoms with Gasteiger partial charge in [-0.25, -0.2) is 0 Å². The van der Waals surface area contributed by atoms with Crippen LogP contribution in [-0.4, -0.2) is 54.0 Å². The third-order valence-corrected chi connectivity index (χ3v) is 6.11. The fraction of sp³-hybridized carbons (Fsp3) is 0.619. The van der Waals surface area contributed by atoms with E-state index in [4.69, 9.17) is 0 Å². The predicted molar refractivity (Wildman–Crippen MR) is 103 cm³/mol. The van der Waals surface area contributed by atoms with E-state index in [1.54, 1.807) is 0 Å². The van der Waals surface area contributed by atoms with Crippen LogP contribution >= 0.6 is 0 Å².